The maximum absolute atomic E-state index is 11.3. The van der Waals surface area contributed by atoms with Crippen LogP contribution in [-0.4, -0.2) is 37.2 Å². The molecule has 0 bridgehead atoms. The minimum absolute atomic E-state index is 0.149. The summed E-state index contributed by atoms with van der Waals surface area (Å²) in [5.74, 6) is 0. The number of unbranched alkanes of at least 4 members (excludes halogenated alkanes) is 1. The number of nitrogens with one attached hydrogen (secondary N) is 1. The summed E-state index contributed by atoms with van der Waals surface area (Å²) in [4.78, 5) is 22.0. The Morgan fingerprint density at radius 3 is 2.53 bits per heavy atom. The van der Waals surface area contributed by atoms with Crippen molar-refractivity contribution in [2.75, 3.05) is 13.2 Å². The fraction of sp³-hybridized carbons (Fsp3) is 0.833. The highest BCUT2D eigenvalue weighted by molar-refractivity contribution is 5.73. The Labute approximate surface area is 103 Å². The van der Waals surface area contributed by atoms with Gasteiger partial charge in [0.15, 0.2) is 0 Å². The Morgan fingerprint density at radius 1 is 1.41 bits per heavy atom. The summed E-state index contributed by atoms with van der Waals surface area (Å²) in [6, 6.07) is -0.664. The molecule has 0 unspecified atom stereocenters. The molecule has 100 valence electrons. The Kier molecular flexibility index (Phi) is 7.54. The first kappa shape index (κ1) is 15.9. The van der Waals surface area contributed by atoms with Crippen molar-refractivity contribution in [2.24, 2.45) is 0 Å². The molecule has 1 amide bonds. The maximum Gasteiger partial charge on any atom is 0.407 e. The van der Waals surface area contributed by atoms with Gasteiger partial charge in [-0.1, -0.05) is 13.3 Å². The summed E-state index contributed by atoms with van der Waals surface area (Å²) >= 11 is 0. The van der Waals surface area contributed by atoms with Crippen molar-refractivity contribution in [2.45, 2.75) is 52.2 Å². The summed E-state index contributed by atoms with van der Waals surface area (Å²) in [6.45, 7) is 8.17. The van der Waals surface area contributed by atoms with Crippen LogP contribution in [0, 0.1) is 0 Å². The van der Waals surface area contributed by atoms with Gasteiger partial charge in [0.05, 0.1) is 18.8 Å². The van der Waals surface area contributed by atoms with E-state index in [4.69, 9.17) is 9.47 Å². The van der Waals surface area contributed by atoms with E-state index in [-0.39, 0.29) is 12.2 Å². The van der Waals surface area contributed by atoms with Crippen molar-refractivity contribution < 1.29 is 19.1 Å². The van der Waals surface area contributed by atoms with Crippen LogP contribution in [0.3, 0.4) is 0 Å². The predicted molar refractivity (Wildman–Crippen MR) is 64.9 cm³/mol. The van der Waals surface area contributed by atoms with Crippen molar-refractivity contribution in [3.63, 3.8) is 0 Å². The van der Waals surface area contributed by atoms with Gasteiger partial charge >= 0.3 is 6.09 Å². The summed E-state index contributed by atoms with van der Waals surface area (Å²) in [6.07, 6.45) is 1.84. The molecule has 0 saturated heterocycles. The van der Waals surface area contributed by atoms with Gasteiger partial charge in [0, 0.05) is 0 Å². The molecule has 0 aliphatic carbocycles. The second-order valence-electron chi connectivity index (χ2n) is 4.80. The molecule has 0 radical (unpaired) electrons. The molecule has 1 N–H and O–H groups in total. The van der Waals surface area contributed by atoms with Crippen LogP contribution >= 0.6 is 0 Å². The van der Waals surface area contributed by atoms with Gasteiger partial charge in [0.25, 0.3) is 0 Å². The average Bonchev–Trinajstić information content (AvgIpc) is 2.23. The van der Waals surface area contributed by atoms with E-state index in [9.17, 15) is 9.59 Å². The molecule has 0 heterocycles. The Bertz CT molecular complexity index is 235. The fourth-order valence-corrected chi connectivity index (χ4v) is 0.957. The number of alkyl carbamates (subject to hydrolysis) is 1. The predicted octanol–water partition coefficient (Wildman–Crippen LogP) is 1.90. The smallest absolute Gasteiger partial charge is 0.407 e. The van der Waals surface area contributed by atoms with E-state index >= 15 is 0 Å². The molecule has 5 nitrogen and oxygen atoms in total. The van der Waals surface area contributed by atoms with Crippen LogP contribution in [0.25, 0.3) is 0 Å². The number of carbonyl (C=O) groups is 2. The van der Waals surface area contributed by atoms with Crippen LogP contribution in [0.15, 0.2) is 0 Å². The lowest BCUT2D eigenvalue weighted by Crippen LogP contribution is -2.41. The molecule has 5 heteroatoms. The largest absolute Gasteiger partial charge is 0.450 e. The number of rotatable bonds is 7. The lowest BCUT2D eigenvalue weighted by Gasteiger charge is -2.22. The van der Waals surface area contributed by atoms with Crippen molar-refractivity contribution in [3.8, 4) is 0 Å². The maximum atomic E-state index is 11.3. The van der Waals surface area contributed by atoms with Crippen LogP contribution < -0.4 is 5.32 Å². The molecule has 0 aromatic heterocycles. The number of ether oxygens (including phenoxy) is 2. The zero-order chi connectivity index (χ0) is 13.3. The summed E-state index contributed by atoms with van der Waals surface area (Å²) in [5.41, 5.74) is -0.338. The van der Waals surface area contributed by atoms with Crippen molar-refractivity contribution in [1.29, 1.82) is 0 Å². The molecule has 1 atom stereocenters. The number of hydrogen-bond donors (Lipinski definition) is 1. The minimum Gasteiger partial charge on any atom is -0.450 e. The molecule has 0 aliphatic rings. The molecular weight excluding hydrogens is 222 g/mol. The van der Waals surface area contributed by atoms with Crippen molar-refractivity contribution in [3.05, 3.63) is 0 Å². The Morgan fingerprint density at radius 2 is 2.06 bits per heavy atom. The highest BCUT2D eigenvalue weighted by Gasteiger charge is 2.17. The zero-order valence-corrected chi connectivity index (χ0v) is 11.1. The normalized spacial score (nSPS) is 12.9. The Hall–Kier alpha value is -1.10. The van der Waals surface area contributed by atoms with Crippen LogP contribution in [0.1, 0.15) is 40.5 Å². The SMILES string of the molecule is CCCCOC(=O)N[C@H](C=O)COC(C)(C)C. The topological polar surface area (TPSA) is 64.6 Å². The van der Waals surface area contributed by atoms with Gasteiger partial charge in [0.1, 0.15) is 12.3 Å². The molecule has 0 fully saturated rings. The highest BCUT2D eigenvalue weighted by Crippen LogP contribution is 2.06. The van der Waals surface area contributed by atoms with Crippen molar-refractivity contribution >= 4 is 12.4 Å². The van der Waals surface area contributed by atoms with E-state index < -0.39 is 12.1 Å². The third kappa shape index (κ3) is 9.81. The number of aldehydes is 1. The molecule has 0 saturated carbocycles. The van der Waals surface area contributed by atoms with E-state index in [1.165, 1.54) is 0 Å². The van der Waals surface area contributed by atoms with E-state index in [1.807, 2.05) is 27.7 Å². The van der Waals surface area contributed by atoms with Crippen LogP contribution in [0.2, 0.25) is 0 Å². The molecule has 17 heavy (non-hydrogen) atoms. The van der Waals surface area contributed by atoms with E-state index in [0.717, 1.165) is 12.8 Å². The van der Waals surface area contributed by atoms with Gasteiger partial charge in [-0.3, -0.25) is 0 Å². The lowest BCUT2D eigenvalue weighted by atomic mass is 10.2. The standard InChI is InChI=1S/C12H23NO4/c1-5-6-7-16-11(15)13-10(8-14)9-17-12(2,3)4/h8,10H,5-7,9H2,1-4H3,(H,13,15)/t10-/m1/s1. The van der Waals surface area contributed by atoms with Gasteiger partial charge in [-0.05, 0) is 27.2 Å². The summed E-state index contributed by atoms with van der Waals surface area (Å²) < 4.78 is 10.3. The number of carbonyl (C=O) groups excluding carboxylic acids is 2. The molecule has 0 aromatic rings. The first-order valence-electron chi connectivity index (χ1n) is 5.91. The second-order valence-corrected chi connectivity index (χ2v) is 4.80. The monoisotopic (exact) mass is 245 g/mol. The van der Waals surface area contributed by atoms with Crippen LogP contribution in [0.4, 0.5) is 4.79 Å². The minimum atomic E-state index is -0.664. The zero-order valence-electron chi connectivity index (χ0n) is 11.1. The molecule has 0 aromatic carbocycles. The molecular formula is C12H23NO4. The number of hydrogen-bond acceptors (Lipinski definition) is 4. The van der Waals surface area contributed by atoms with E-state index in [0.29, 0.717) is 12.9 Å². The fourth-order valence-electron chi connectivity index (χ4n) is 0.957. The van der Waals surface area contributed by atoms with Gasteiger partial charge in [-0.2, -0.15) is 0 Å². The van der Waals surface area contributed by atoms with Crippen LogP contribution in [0.5, 0.6) is 0 Å². The quantitative estimate of drug-likeness (QED) is 0.549. The summed E-state index contributed by atoms with van der Waals surface area (Å²) in [5, 5.41) is 2.44. The molecule has 0 rings (SSSR count). The third-order valence-electron chi connectivity index (χ3n) is 1.89. The van der Waals surface area contributed by atoms with E-state index in [1.54, 1.807) is 0 Å². The van der Waals surface area contributed by atoms with Crippen LogP contribution in [-0.2, 0) is 14.3 Å². The molecule has 0 spiro atoms. The second kappa shape index (κ2) is 8.06. The van der Waals surface area contributed by atoms with Crippen molar-refractivity contribution in [1.82, 2.24) is 5.32 Å². The highest BCUT2D eigenvalue weighted by atomic mass is 16.5. The molecule has 0 aliphatic heterocycles. The Balaban J connectivity index is 3.87. The van der Waals surface area contributed by atoms with Gasteiger partial charge in [-0.15, -0.1) is 0 Å². The van der Waals surface area contributed by atoms with Gasteiger partial charge in [-0.25, -0.2) is 4.79 Å². The van der Waals surface area contributed by atoms with E-state index in [2.05, 4.69) is 5.32 Å². The average molecular weight is 245 g/mol. The van der Waals surface area contributed by atoms with Gasteiger partial charge in [0.2, 0.25) is 0 Å². The third-order valence-corrected chi connectivity index (χ3v) is 1.89. The first-order valence-corrected chi connectivity index (χ1v) is 5.91. The van der Waals surface area contributed by atoms with Gasteiger partial charge < -0.3 is 19.6 Å². The number of amides is 1. The lowest BCUT2D eigenvalue weighted by molar-refractivity contribution is -0.112. The first-order chi connectivity index (χ1) is 7.89. The summed E-state index contributed by atoms with van der Waals surface area (Å²) in [7, 11) is 0.